The van der Waals surface area contributed by atoms with E-state index in [0.717, 1.165) is 12.8 Å². The second-order valence-electron chi connectivity index (χ2n) is 6.01. The van der Waals surface area contributed by atoms with E-state index < -0.39 is 0 Å². The second kappa shape index (κ2) is 9.70. The Balaban J connectivity index is 0.000000191. The minimum atomic E-state index is 0.267. The van der Waals surface area contributed by atoms with Gasteiger partial charge in [0.2, 0.25) is 0 Å². The molecule has 19 heavy (non-hydrogen) atoms. The zero-order valence-electron chi connectivity index (χ0n) is 12.4. The molecule has 0 aliphatic heterocycles. The molecule has 2 aliphatic carbocycles. The zero-order valence-corrected chi connectivity index (χ0v) is 12.4. The fraction of sp³-hybridized carbons (Fsp3) is 1.00. The van der Waals surface area contributed by atoms with E-state index in [1.165, 1.54) is 38.5 Å². The molecule has 4 atom stereocenters. The van der Waals surface area contributed by atoms with Crippen LogP contribution in [0, 0.1) is 11.8 Å². The minimum Gasteiger partial charge on any atom is -0.396 e. The molecule has 0 amide bonds. The third-order valence-electron chi connectivity index (χ3n) is 4.72. The van der Waals surface area contributed by atoms with Crippen LogP contribution in [0.3, 0.4) is 0 Å². The van der Waals surface area contributed by atoms with E-state index >= 15 is 0 Å². The van der Waals surface area contributed by atoms with E-state index in [9.17, 15) is 0 Å². The van der Waals surface area contributed by atoms with Crippen molar-refractivity contribution in [3.63, 3.8) is 0 Å². The molecule has 0 spiro atoms. The van der Waals surface area contributed by atoms with E-state index in [1.807, 2.05) is 7.05 Å². The van der Waals surface area contributed by atoms with Crippen molar-refractivity contribution in [3.8, 4) is 0 Å². The van der Waals surface area contributed by atoms with Gasteiger partial charge in [0.25, 0.3) is 0 Å². The van der Waals surface area contributed by atoms with Crippen LogP contribution in [0.1, 0.15) is 51.4 Å². The van der Waals surface area contributed by atoms with E-state index in [-0.39, 0.29) is 12.6 Å². The Kier molecular flexibility index (Phi) is 8.62. The summed E-state index contributed by atoms with van der Waals surface area (Å²) >= 11 is 0. The molecule has 0 aromatic heterocycles. The van der Waals surface area contributed by atoms with Crippen LogP contribution in [0.4, 0.5) is 0 Å². The third kappa shape index (κ3) is 5.78. The number of rotatable bonds is 3. The van der Waals surface area contributed by atoms with Crippen molar-refractivity contribution < 1.29 is 10.2 Å². The van der Waals surface area contributed by atoms with Crippen LogP contribution >= 0.6 is 0 Å². The zero-order chi connectivity index (χ0) is 14.1. The SMILES string of the molecule is CN[C@@H]1CCCC[C@H]1CO.N[C@@H]1CCCC[C@H]1CO. The highest BCUT2D eigenvalue weighted by atomic mass is 16.3. The summed E-state index contributed by atoms with van der Waals surface area (Å²) in [6, 6.07) is 0.836. The first kappa shape index (κ1) is 16.9. The molecule has 2 rings (SSSR count). The van der Waals surface area contributed by atoms with E-state index in [0.29, 0.717) is 24.5 Å². The highest BCUT2D eigenvalue weighted by Gasteiger charge is 2.22. The standard InChI is InChI=1S/C8H17NO.C7H15NO/c1-9-8-5-3-2-4-7(8)6-10;8-7-4-2-1-3-6(7)5-9/h7-10H,2-6H2,1H3;6-7,9H,1-5,8H2/t7-,8+;6-,7+/m00/s1. The van der Waals surface area contributed by atoms with Gasteiger partial charge in [-0.2, -0.15) is 0 Å². The fourth-order valence-corrected chi connectivity index (χ4v) is 3.27. The number of hydrogen-bond donors (Lipinski definition) is 4. The number of aliphatic hydroxyl groups excluding tert-OH is 2. The molecule has 0 aromatic carbocycles. The molecular weight excluding hydrogens is 240 g/mol. The number of hydrogen-bond acceptors (Lipinski definition) is 4. The summed E-state index contributed by atoms with van der Waals surface area (Å²) in [5, 5.41) is 21.0. The Labute approximate surface area is 117 Å². The molecule has 2 saturated carbocycles. The average molecular weight is 272 g/mol. The van der Waals surface area contributed by atoms with Crippen LogP contribution in [-0.4, -0.2) is 42.6 Å². The van der Waals surface area contributed by atoms with Crippen molar-refractivity contribution in [2.24, 2.45) is 17.6 Å². The summed E-state index contributed by atoms with van der Waals surface area (Å²) in [5.41, 5.74) is 5.73. The topological polar surface area (TPSA) is 78.5 Å². The van der Waals surface area contributed by atoms with Gasteiger partial charge in [0.15, 0.2) is 0 Å². The molecule has 0 saturated heterocycles. The summed E-state index contributed by atoms with van der Waals surface area (Å²) in [7, 11) is 1.98. The van der Waals surface area contributed by atoms with Crippen LogP contribution in [-0.2, 0) is 0 Å². The maximum Gasteiger partial charge on any atom is 0.0474 e. The maximum absolute atomic E-state index is 8.95. The second-order valence-corrected chi connectivity index (χ2v) is 6.01. The number of aliphatic hydroxyl groups is 2. The van der Waals surface area contributed by atoms with Crippen LogP contribution in [0.2, 0.25) is 0 Å². The van der Waals surface area contributed by atoms with Gasteiger partial charge in [-0.05, 0) is 44.6 Å². The fourth-order valence-electron chi connectivity index (χ4n) is 3.27. The summed E-state index contributed by atoms with van der Waals surface area (Å²) in [4.78, 5) is 0. The Morgan fingerprint density at radius 1 is 0.895 bits per heavy atom. The van der Waals surface area contributed by atoms with Crippen molar-refractivity contribution >= 4 is 0 Å². The highest BCUT2D eigenvalue weighted by molar-refractivity contribution is 4.79. The molecule has 4 heteroatoms. The average Bonchev–Trinajstić information content (AvgIpc) is 2.48. The molecule has 2 aliphatic rings. The quantitative estimate of drug-likeness (QED) is 0.623. The smallest absolute Gasteiger partial charge is 0.0474 e. The van der Waals surface area contributed by atoms with Crippen molar-refractivity contribution in [2.75, 3.05) is 20.3 Å². The third-order valence-corrected chi connectivity index (χ3v) is 4.72. The molecule has 0 heterocycles. The molecule has 114 valence electrons. The Hall–Kier alpha value is -0.160. The number of nitrogens with one attached hydrogen (secondary N) is 1. The molecule has 0 unspecified atom stereocenters. The molecule has 0 radical (unpaired) electrons. The largest absolute Gasteiger partial charge is 0.396 e. The van der Waals surface area contributed by atoms with Gasteiger partial charge in [-0.1, -0.05) is 25.7 Å². The molecule has 5 N–H and O–H groups in total. The summed E-state index contributed by atoms with van der Waals surface area (Å²) in [5.74, 6) is 0.900. The monoisotopic (exact) mass is 272 g/mol. The lowest BCUT2D eigenvalue weighted by molar-refractivity contribution is 0.157. The van der Waals surface area contributed by atoms with Gasteiger partial charge in [0.1, 0.15) is 0 Å². The first-order chi connectivity index (χ1) is 9.22. The van der Waals surface area contributed by atoms with E-state index in [4.69, 9.17) is 15.9 Å². The van der Waals surface area contributed by atoms with Crippen LogP contribution in [0.5, 0.6) is 0 Å². The Morgan fingerprint density at radius 2 is 1.42 bits per heavy atom. The summed E-state index contributed by atoms with van der Waals surface area (Å²) < 4.78 is 0. The first-order valence-electron chi connectivity index (χ1n) is 7.87. The Bertz CT molecular complexity index is 214. The van der Waals surface area contributed by atoms with Crippen molar-refractivity contribution in [1.29, 1.82) is 0 Å². The highest BCUT2D eigenvalue weighted by Crippen LogP contribution is 2.23. The maximum atomic E-state index is 8.95. The normalized spacial score (nSPS) is 35.4. The summed E-state index contributed by atoms with van der Waals surface area (Å²) in [6.07, 6.45) is 9.77. The van der Waals surface area contributed by atoms with Gasteiger partial charge in [0.05, 0.1) is 0 Å². The predicted molar refractivity (Wildman–Crippen MR) is 78.9 cm³/mol. The Morgan fingerprint density at radius 3 is 1.84 bits per heavy atom. The van der Waals surface area contributed by atoms with Crippen molar-refractivity contribution in [2.45, 2.75) is 63.5 Å². The molecule has 0 aromatic rings. The van der Waals surface area contributed by atoms with Gasteiger partial charge in [-0.3, -0.25) is 0 Å². The molecule has 2 fully saturated rings. The van der Waals surface area contributed by atoms with Crippen LogP contribution < -0.4 is 11.1 Å². The predicted octanol–water partition coefficient (Wildman–Crippen LogP) is 1.25. The first-order valence-corrected chi connectivity index (χ1v) is 7.87. The summed E-state index contributed by atoms with van der Waals surface area (Å²) in [6.45, 7) is 0.632. The van der Waals surface area contributed by atoms with Crippen LogP contribution in [0.15, 0.2) is 0 Å². The van der Waals surface area contributed by atoms with E-state index in [2.05, 4.69) is 5.32 Å². The van der Waals surface area contributed by atoms with Gasteiger partial charge in [-0.25, -0.2) is 0 Å². The van der Waals surface area contributed by atoms with Gasteiger partial charge < -0.3 is 21.3 Å². The minimum absolute atomic E-state index is 0.267. The van der Waals surface area contributed by atoms with Crippen molar-refractivity contribution in [3.05, 3.63) is 0 Å². The van der Waals surface area contributed by atoms with Crippen molar-refractivity contribution in [1.82, 2.24) is 5.32 Å². The molecular formula is C15H32N2O2. The van der Waals surface area contributed by atoms with Crippen LogP contribution in [0.25, 0.3) is 0 Å². The molecule has 0 bridgehead atoms. The lowest BCUT2D eigenvalue weighted by Crippen LogP contribution is -2.37. The van der Waals surface area contributed by atoms with E-state index in [1.54, 1.807) is 0 Å². The van der Waals surface area contributed by atoms with Gasteiger partial charge in [-0.15, -0.1) is 0 Å². The van der Waals surface area contributed by atoms with Gasteiger partial charge >= 0.3 is 0 Å². The number of nitrogens with two attached hydrogens (primary N) is 1. The lowest BCUT2D eigenvalue weighted by Gasteiger charge is -2.29. The molecule has 4 nitrogen and oxygen atoms in total. The lowest BCUT2D eigenvalue weighted by atomic mass is 9.85. The van der Waals surface area contributed by atoms with Gasteiger partial charge in [0, 0.05) is 25.3 Å².